The second kappa shape index (κ2) is 3.79. The van der Waals surface area contributed by atoms with Crippen LogP contribution in [0.4, 0.5) is 0 Å². The van der Waals surface area contributed by atoms with Crippen LogP contribution in [0, 0.1) is 0 Å². The lowest BCUT2D eigenvalue weighted by atomic mass is 9.74. The maximum absolute atomic E-state index is 10.3. The number of hydrogen-bond donors (Lipinski definition) is 1. The molecule has 0 aromatic carbocycles. The summed E-state index contributed by atoms with van der Waals surface area (Å²) in [5.74, 6) is 0.634. The predicted molar refractivity (Wildman–Crippen MR) is 54.7 cm³/mol. The summed E-state index contributed by atoms with van der Waals surface area (Å²) < 4.78 is 10.3. The molecule has 0 atom stereocenters. The first-order valence-corrected chi connectivity index (χ1v) is 4.94. The first-order chi connectivity index (χ1) is 7.19. The van der Waals surface area contributed by atoms with Crippen LogP contribution in [0.1, 0.15) is 18.5 Å². The molecule has 0 spiro atoms. The molecule has 0 unspecified atom stereocenters. The lowest BCUT2D eigenvalue weighted by molar-refractivity contribution is -0.136. The highest BCUT2D eigenvalue weighted by molar-refractivity contribution is 5.33. The van der Waals surface area contributed by atoms with Crippen molar-refractivity contribution < 1.29 is 14.6 Å². The molecule has 0 radical (unpaired) electrons. The number of ether oxygens (including phenoxy) is 2. The Morgan fingerprint density at radius 1 is 1.47 bits per heavy atom. The zero-order valence-electron chi connectivity index (χ0n) is 8.93. The fourth-order valence-corrected chi connectivity index (χ4v) is 1.96. The number of rotatable bonds is 3. The van der Waals surface area contributed by atoms with Gasteiger partial charge in [-0.2, -0.15) is 0 Å². The number of methoxy groups -OCH3 is 2. The molecule has 0 bridgehead atoms. The Morgan fingerprint density at radius 2 is 2.20 bits per heavy atom. The van der Waals surface area contributed by atoms with Crippen molar-refractivity contribution in [2.45, 2.75) is 24.5 Å². The van der Waals surface area contributed by atoms with Crippen molar-refractivity contribution in [1.29, 1.82) is 0 Å². The lowest BCUT2D eigenvalue weighted by Gasteiger charge is -2.42. The first kappa shape index (κ1) is 10.4. The van der Waals surface area contributed by atoms with Gasteiger partial charge in [0.15, 0.2) is 0 Å². The Kier molecular flexibility index (Phi) is 2.63. The Bertz CT molecular complexity index is 347. The normalized spacial score (nSPS) is 29.7. The van der Waals surface area contributed by atoms with E-state index < -0.39 is 5.60 Å². The molecule has 1 fully saturated rings. The summed E-state index contributed by atoms with van der Waals surface area (Å²) in [6.07, 6.45) is 2.95. The fourth-order valence-electron chi connectivity index (χ4n) is 1.96. The van der Waals surface area contributed by atoms with E-state index >= 15 is 0 Å². The van der Waals surface area contributed by atoms with Crippen LogP contribution in [-0.4, -0.2) is 30.4 Å². The van der Waals surface area contributed by atoms with Gasteiger partial charge in [-0.15, -0.1) is 0 Å². The van der Waals surface area contributed by atoms with E-state index in [1.54, 1.807) is 32.5 Å². The molecule has 0 saturated heterocycles. The van der Waals surface area contributed by atoms with Gasteiger partial charge in [0.1, 0.15) is 17.0 Å². The molecule has 1 N–H and O–H groups in total. The SMILES string of the molecule is COc1cccnc1C1(O)CC(OC)C1. The van der Waals surface area contributed by atoms with Crippen LogP contribution in [0.25, 0.3) is 0 Å². The number of pyridine rings is 1. The lowest BCUT2D eigenvalue weighted by Crippen LogP contribution is -2.46. The van der Waals surface area contributed by atoms with Crippen LogP contribution in [0.3, 0.4) is 0 Å². The highest BCUT2D eigenvalue weighted by atomic mass is 16.5. The molecule has 82 valence electrons. The average molecular weight is 209 g/mol. The topological polar surface area (TPSA) is 51.6 Å². The van der Waals surface area contributed by atoms with Crippen molar-refractivity contribution in [2.24, 2.45) is 0 Å². The van der Waals surface area contributed by atoms with Gasteiger partial charge >= 0.3 is 0 Å². The molecule has 0 amide bonds. The van der Waals surface area contributed by atoms with Crippen molar-refractivity contribution in [2.75, 3.05) is 14.2 Å². The molecule has 4 nitrogen and oxygen atoms in total. The predicted octanol–water partition coefficient (Wildman–Crippen LogP) is 1.09. The zero-order valence-corrected chi connectivity index (χ0v) is 8.93. The summed E-state index contributed by atoms with van der Waals surface area (Å²) in [5, 5.41) is 10.3. The maximum Gasteiger partial charge on any atom is 0.143 e. The van der Waals surface area contributed by atoms with Crippen LogP contribution >= 0.6 is 0 Å². The minimum Gasteiger partial charge on any atom is -0.495 e. The average Bonchev–Trinajstić information content (AvgIpc) is 2.24. The summed E-state index contributed by atoms with van der Waals surface area (Å²) in [7, 11) is 3.23. The molecule has 1 heterocycles. The van der Waals surface area contributed by atoms with Crippen LogP contribution in [0.2, 0.25) is 0 Å². The van der Waals surface area contributed by atoms with Crippen molar-refractivity contribution in [1.82, 2.24) is 4.98 Å². The molecule has 1 saturated carbocycles. The van der Waals surface area contributed by atoms with Gasteiger partial charge in [-0.3, -0.25) is 4.98 Å². The molecule has 1 aliphatic carbocycles. The van der Waals surface area contributed by atoms with E-state index in [4.69, 9.17) is 9.47 Å². The van der Waals surface area contributed by atoms with Gasteiger partial charge < -0.3 is 14.6 Å². The monoisotopic (exact) mass is 209 g/mol. The van der Waals surface area contributed by atoms with Crippen molar-refractivity contribution in [3.8, 4) is 5.75 Å². The standard InChI is InChI=1S/C11H15NO3/c1-14-8-6-11(13,7-8)10-9(15-2)4-3-5-12-10/h3-5,8,13H,6-7H2,1-2H3. The summed E-state index contributed by atoms with van der Waals surface area (Å²) in [4.78, 5) is 4.18. The quantitative estimate of drug-likeness (QED) is 0.809. The molecular formula is C11H15NO3. The number of hydrogen-bond acceptors (Lipinski definition) is 4. The third kappa shape index (κ3) is 1.70. The van der Waals surface area contributed by atoms with E-state index in [1.807, 2.05) is 0 Å². The van der Waals surface area contributed by atoms with E-state index in [2.05, 4.69) is 4.98 Å². The summed E-state index contributed by atoms with van der Waals surface area (Å²) in [5.41, 5.74) is -0.270. The Morgan fingerprint density at radius 3 is 2.80 bits per heavy atom. The second-order valence-electron chi connectivity index (χ2n) is 3.85. The zero-order chi connectivity index (χ0) is 10.9. The van der Waals surface area contributed by atoms with Crippen molar-refractivity contribution in [3.63, 3.8) is 0 Å². The molecule has 1 aromatic heterocycles. The van der Waals surface area contributed by atoms with Gasteiger partial charge in [-0.1, -0.05) is 0 Å². The number of aromatic nitrogens is 1. The molecule has 1 aromatic rings. The molecule has 0 aliphatic heterocycles. The maximum atomic E-state index is 10.3. The van der Waals surface area contributed by atoms with E-state index in [0.29, 0.717) is 24.3 Å². The first-order valence-electron chi connectivity index (χ1n) is 4.94. The summed E-state index contributed by atoms with van der Waals surface area (Å²) in [6.45, 7) is 0. The van der Waals surface area contributed by atoms with Gasteiger partial charge in [-0.05, 0) is 12.1 Å². The third-order valence-electron chi connectivity index (χ3n) is 2.90. The van der Waals surface area contributed by atoms with Gasteiger partial charge in [-0.25, -0.2) is 0 Å². The smallest absolute Gasteiger partial charge is 0.143 e. The van der Waals surface area contributed by atoms with E-state index in [0.717, 1.165) is 0 Å². The third-order valence-corrected chi connectivity index (χ3v) is 2.90. The summed E-state index contributed by atoms with van der Waals surface area (Å²) in [6, 6.07) is 3.60. The van der Waals surface area contributed by atoms with E-state index in [-0.39, 0.29) is 6.10 Å². The van der Waals surface area contributed by atoms with E-state index in [1.165, 1.54) is 0 Å². The van der Waals surface area contributed by atoms with Crippen LogP contribution in [-0.2, 0) is 10.3 Å². The van der Waals surface area contributed by atoms with Gasteiger partial charge in [0, 0.05) is 26.1 Å². The number of aliphatic hydroxyl groups is 1. The highest BCUT2D eigenvalue weighted by Gasteiger charge is 2.47. The molecule has 15 heavy (non-hydrogen) atoms. The van der Waals surface area contributed by atoms with Crippen LogP contribution in [0.5, 0.6) is 5.75 Å². The molecule has 4 heteroatoms. The molecule has 1 aliphatic rings. The fraction of sp³-hybridized carbons (Fsp3) is 0.545. The minimum atomic E-state index is -0.882. The van der Waals surface area contributed by atoms with Crippen LogP contribution in [0.15, 0.2) is 18.3 Å². The van der Waals surface area contributed by atoms with Gasteiger partial charge in [0.25, 0.3) is 0 Å². The summed E-state index contributed by atoms with van der Waals surface area (Å²) >= 11 is 0. The largest absolute Gasteiger partial charge is 0.495 e. The Labute approximate surface area is 88.9 Å². The van der Waals surface area contributed by atoms with Gasteiger partial charge in [0.2, 0.25) is 0 Å². The molecule has 2 rings (SSSR count). The minimum absolute atomic E-state index is 0.127. The highest BCUT2D eigenvalue weighted by Crippen LogP contribution is 2.44. The number of nitrogens with zero attached hydrogens (tertiary/aromatic N) is 1. The second-order valence-corrected chi connectivity index (χ2v) is 3.85. The Hall–Kier alpha value is -1.13. The van der Waals surface area contributed by atoms with E-state index in [9.17, 15) is 5.11 Å². The van der Waals surface area contributed by atoms with Crippen molar-refractivity contribution >= 4 is 0 Å². The van der Waals surface area contributed by atoms with Crippen molar-refractivity contribution in [3.05, 3.63) is 24.0 Å². The van der Waals surface area contributed by atoms with Gasteiger partial charge in [0.05, 0.1) is 13.2 Å². The van der Waals surface area contributed by atoms with Crippen LogP contribution < -0.4 is 4.74 Å². The molecular weight excluding hydrogens is 194 g/mol. The Balaban J connectivity index is 2.23.